The minimum atomic E-state index is 0.336. The summed E-state index contributed by atoms with van der Waals surface area (Å²) in [5.74, 6) is 2.07. The van der Waals surface area contributed by atoms with E-state index in [1.807, 2.05) is 12.4 Å². The summed E-state index contributed by atoms with van der Waals surface area (Å²) < 4.78 is 0. The summed E-state index contributed by atoms with van der Waals surface area (Å²) in [5, 5.41) is 3.65. The number of amides is 1. The topological polar surface area (TPSA) is 61.4 Å². The van der Waals surface area contributed by atoms with Crippen LogP contribution in [0, 0.1) is 11.8 Å². The van der Waals surface area contributed by atoms with Crippen molar-refractivity contribution in [1.29, 1.82) is 0 Å². The largest absolute Gasteiger partial charge is 0.342 e. The van der Waals surface area contributed by atoms with Crippen LogP contribution < -0.4 is 10.2 Å². The number of hydrogen-bond donors (Lipinski definition) is 1. The van der Waals surface area contributed by atoms with E-state index in [1.165, 1.54) is 12.8 Å². The van der Waals surface area contributed by atoms with Gasteiger partial charge in [-0.25, -0.2) is 9.97 Å². The van der Waals surface area contributed by atoms with Gasteiger partial charge in [-0.1, -0.05) is 6.92 Å². The Morgan fingerprint density at radius 2 is 1.88 bits per heavy atom. The fourth-order valence-corrected chi connectivity index (χ4v) is 4.01. The number of carbonyl (C=O) groups is 1. The van der Waals surface area contributed by atoms with E-state index in [0.29, 0.717) is 23.8 Å². The number of nitrogens with zero attached hydrogens (tertiary/aromatic N) is 4. The molecule has 1 amide bonds. The molecule has 1 saturated carbocycles. The highest BCUT2D eigenvalue weighted by Crippen LogP contribution is 2.32. The lowest BCUT2D eigenvalue weighted by atomic mass is 9.93. The Balaban J connectivity index is 1.26. The number of piperidine rings is 1. The van der Waals surface area contributed by atoms with Gasteiger partial charge in [0.15, 0.2) is 0 Å². The van der Waals surface area contributed by atoms with E-state index in [4.69, 9.17) is 0 Å². The minimum Gasteiger partial charge on any atom is -0.342 e. The molecule has 3 fully saturated rings. The fourth-order valence-electron chi connectivity index (χ4n) is 4.01. The van der Waals surface area contributed by atoms with Crippen LogP contribution in [0.25, 0.3) is 0 Å². The number of aromatic nitrogens is 2. The third kappa shape index (κ3) is 3.94. The third-order valence-electron chi connectivity index (χ3n) is 5.79. The molecule has 2 saturated heterocycles. The van der Waals surface area contributed by atoms with E-state index >= 15 is 0 Å². The van der Waals surface area contributed by atoms with E-state index in [-0.39, 0.29) is 0 Å². The maximum absolute atomic E-state index is 12.2. The number of carbonyl (C=O) groups excluding carboxylic acids is 1. The molecule has 0 spiro atoms. The van der Waals surface area contributed by atoms with Crippen molar-refractivity contribution in [2.24, 2.45) is 11.8 Å². The standard InChI is InChI=1S/C19H29N5O/c1-14-13-24(18(25)16-4-5-16)9-6-17(14)20-10-15-11-21-19(22-12-15)23-7-2-3-8-23/h11-12,14,16-17,20H,2-10,13H2,1H3/t14-,17+/m1/s1. The molecule has 0 bridgehead atoms. The van der Waals surface area contributed by atoms with Crippen molar-refractivity contribution >= 4 is 11.9 Å². The van der Waals surface area contributed by atoms with Crippen molar-refractivity contribution in [3.05, 3.63) is 18.0 Å². The number of anilines is 1. The number of nitrogens with one attached hydrogen (secondary N) is 1. The Kier molecular flexibility index (Phi) is 4.88. The van der Waals surface area contributed by atoms with Gasteiger partial charge in [-0.05, 0) is 38.0 Å². The second-order valence-electron chi connectivity index (χ2n) is 7.90. The molecule has 0 unspecified atom stereocenters. The van der Waals surface area contributed by atoms with Gasteiger partial charge in [0.25, 0.3) is 0 Å². The Morgan fingerprint density at radius 1 is 1.16 bits per heavy atom. The molecule has 2 aliphatic heterocycles. The zero-order valence-electron chi connectivity index (χ0n) is 15.2. The van der Waals surface area contributed by atoms with Gasteiger partial charge >= 0.3 is 0 Å². The van der Waals surface area contributed by atoms with Crippen molar-refractivity contribution in [2.45, 2.75) is 51.6 Å². The van der Waals surface area contributed by atoms with Crippen LogP contribution in [0.4, 0.5) is 5.95 Å². The third-order valence-corrected chi connectivity index (χ3v) is 5.79. The molecule has 6 heteroatoms. The van der Waals surface area contributed by atoms with E-state index < -0.39 is 0 Å². The smallest absolute Gasteiger partial charge is 0.225 e. The molecule has 1 aliphatic carbocycles. The maximum atomic E-state index is 12.2. The van der Waals surface area contributed by atoms with Crippen molar-refractivity contribution in [3.63, 3.8) is 0 Å². The molecule has 1 aromatic heterocycles. The number of rotatable bonds is 5. The predicted octanol–water partition coefficient (Wildman–Crippen LogP) is 1.81. The van der Waals surface area contributed by atoms with Crippen LogP contribution in [0.2, 0.25) is 0 Å². The molecule has 6 nitrogen and oxygen atoms in total. The molecule has 3 aliphatic rings. The highest BCUT2D eigenvalue weighted by molar-refractivity contribution is 5.81. The van der Waals surface area contributed by atoms with Gasteiger partial charge < -0.3 is 15.1 Å². The van der Waals surface area contributed by atoms with Crippen LogP contribution in [-0.2, 0) is 11.3 Å². The van der Waals surface area contributed by atoms with E-state index in [9.17, 15) is 4.79 Å². The first kappa shape index (κ1) is 16.8. The Hall–Kier alpha value is -1.69. The molecule has 25 heavy (non-hydrogen) atoms. The van der Waals surface area contributed by atoms with Crippen LogP contribution >= 0.6 is 0 Å². The van der Waals surface area contributed by atoms with Gasteiger partial charge in [-0.15, -0.1) is 0 Å². The maximum Gasteiger partial charge on any atom is 0.225 e. The summed E-state index contributed by atoms with van der Waals surface area (Å²) >= 11 is 0. The second kappa shape index (κ2) is 7.28. The predicted molar refractivity (Wildman–Crippen MR) is 97.2 cm³/mol. The lowest BCUT2D eigenvalue weighted by molar-refractivity contribution is -0.134. The zero-order valence-corrected chi connectivity index (χ0v) is 15.2. The molecule has 1 N–H and O–H groups in total. The van der Waals surface area contributed by atoms with E-state index in [2.05, 4.69) is 32.0 Å². The molecule has 2 atom stereocenters. The van der Waals surface area contributed by atoms with Crippen LogP contribution in [-0.4, -0.2) is 53.0 Å². The Bertz CT molecular complexity index is 594. The molecule has 0 aromatic carbocycles. The van der Waals surface area contributed by atoms with Crippen LogP contribution in [0.5, 0.6) is 0 Å². The monoisotopic (exact) mass is 343 g/mol. The summed E-state index contributed by atoms with van der Waals surface area (Å²) in [6.45, 7) is 6.97. The lowest BCUT2D eigenvalue weighted by Crippen LogP contribution is -2.50. The quantitative estimate of drug-likeness (QED) is 0.883. The SMILES string of the molecule is C[C@@H]1CN(C(=O)C2CC2)CC[C@@H]1NCc1cnc(N2CCCC2)nc1. The first-order valence-electron chi connectivity index (χ1n) is 9.79. The van der Waals surface area contributed by atoms with Gasteiger partial charge in [0, 0.05) is 62.6 Å². The second-order valence-corrected chi connectivity index (χ2v) is 7.90. The fraction of sp³-hybridized carbons (Fsp3) is 0.737. The summed E-state index contributed by atoms with van der Waals surface area (Å²) in [5.41, 5.74) is 1.13. The van der Waals surface area contributed by atoms with E-state index in [1.54, 1.807) is 0 Å². The average molecular weight is 343 g/mol. The lowest BCUT2D eigenvalue weighted by Gasteiger charge is -2.37. The highest BCUT2D eigenvalue weighted by Gasteiger charge is 2.36. The molecule has 1 aromatic rings. The van der Waals surface area contributed by atoms with Crippen LogP contribution in [0.1, 0.15) is 44.6 Å². The van der Waals surface area contributed by atoms with Crippen molar-refractivity contribution in [2.75, 3.05) is 31.1 Å². The molecular formula is C19H29N5O. The Labute approximate surface area is 150 Å². The van der Waals surface area contributed by atoms with Crippen molar-refractivity contribution < 1.29 is 4.79 Å². The van der Waals surface area contributed by atoms with Gasteiger partial charge in [0.2, 0.25) is 11.9 Å². The van der Waals surface area contributed by atoms with Gasteiger partial charge in [0.1, 0.15) is 0 Å². The first-order chi connectivity index (χ1) is 12.2. The van der Waals surface area contributed by atoms with Crippen LogP contribution in [0.3, 0.4) is 0 Å². The molecule has 0 radical (unpaired) electrons. The highest BCUT2D eigenvalue weighted by atomic mass is 16.2. The average Bonchev–Trinajstić information content (AvgIpc) is 3.35. The van der Waals surface area contributed by atoms with Crippen LogP contribution in [0.15, 0.2) is 12.4 Å². The van der Waals surface area contributed by atoms with Gasteiger partial charge in [-0.2, -0.15) is 0 Å². The summed E-state index contributed by atoms with van der Waals surface area (Å²) in [4.78, 5) is 25.6. The normalized spacial score (nSPS) is 26.9. The molecule has 3 heterocycles. The summed E-state index contributed by atoms with van der Waals surface area (Å²) in [7, 11) is 0. The molecule has 4 rings (SSSR count). The number of likely N-dealkylation sites (tertiary alicyclic amines) is 1. The zero-order chi connectivity index (χ0) is 17.2. The first-order valence-corrected chi connectivity index (χ1v) is 9.79. The number of hydrogen-bond acceptors (Lipinski definition) is 5. The molecule has 136 valence electrons. The van der Waals surface area contributed by atoms with Crippen molar-refractivity contribution in [3.8, 4) is 0 Å². The molecular weight excluding hydrogens is 314 g/mol. The van der Waals surface area contributed by atoms with Gasteiger partial charge in [-0.3, -0.25) is 4.79 Å². The Morgan fingerprint density at radius 3 is 2.52 bits per heavy atom. The summed E-state index contributed by atoms with van der Waals surface area (Å²) in [6, 6.07) is 0.460. The minimum absolute atomic E-state index is 0.336. The van der Waals surface area contributed by atoms with E-state index in [0.717, 1.165) is 63.5 Å². The van der Waals surface area contributed by atoms with Gasteiger partial charge in [0.05, 0.1) is 0 Å². The van der Waals surface area contributed by atoms with Crippen molar-refractivity contribution in [1.82, 2.24) is 20.2 Å². The summed E-state index contributed by atoms with van der Waals surface area (Å²) in [6.07, 6.45) is 9.61.